The lowest BCUT2D eigenvalue weighted by Crippen LogP contribution is -2.50. The Morgan fingerprint density at radius 3 is 2.59 bits per heavy atom. The summed E-state index contributed by atoms with van der Waals surface area (Å²) in [5.74, 6) is 3.42. The maximum atomic E-state index is 9.66. The van der Waals surface area contributed by atoms with Gasteiger partial charge in [0.15, 0.2) is 5.96 Å². The van der Waals surface area contributed by atoms with Crippen LogP contribution in [0.5, 0.6) is 0 Å². The van der Waals surface area contributed by atoms with Gasteiger partial charge in [0.05, 0.1) is 12.6 Å². The fourth-order valence-electron chi connectivity index (χ4n) is 2.94. The van der Waals surface area contributed by atoms with Gasteiger partial charge < -0.3 is 20.2 Å². The molecule has 7 heteroatoms. The maximum Gasteiger partial charge on any atom is 0.193 e. The van der Waals surface area contributed by atoms with E-state index in [0.29, 0.717) is 0 Å². The number of rotatable bonds is 4. The zero-order valence-corrected chi connectivity index (χ0v) is 17.2. The molecule has 1 atom stereocenters. The molecule has 0 aromatic heterocycles. The van der Waals surface area contributed by atoms with Crippen molar-refractivity contribution < 1.29 is 5.11 Å². The summed E-state index contributed by atoms with van der Waals surface area (Å²) in [6.07, 6.45) is 2.77. The first kappa shape index (κ1) is 20.3. The van der Waals surface area contributed by atoms with E-state index in [0.717, 1.165) is 45.0 Å². The average Bonchev–Trinajstić information content (AvgIpc) is 2.95. The number of nitrogens with zero attached hydrogens (tertiary/aromatic N) is 3. The van der Waals surface area contributed by atoms with Crippen molar-refractivity contribution in [3.8, 4) is 0 Å². The number of hydrogen-bond acceptors (Lipinski definition) is 4. The number of halogens is 1. The van der Waals surface area contributed by atoms with Gasteiger partial charge in [-0.15, -0.1) is 24.0 Å². The Labute approximate surface area is 156 Å². The number of thioether (sulfide) groups is 1. The van der Waals surface area contributed by atoms with Crippen molar-refractivity contribution in [3.63, 3.8) is 0 Å². The van der Waals surface area contributed by atoms with Crippen LogP contribution in [-0.4, -0.2) is 84.3 Å². The molecule has 0 saturated carbocycles. The van der Waals surface area contributed by atoms with E-state index in [1.165, 1.54) is 17.9 Å². The van der Waals surface area contributed by atoms with Crippen LogP contribution in [0, 0.1) is 0 Å². The molecule has 0 radical (unpaired) electrons. The van der Waals surface area contributed by atoms with Gasteiger partial charge in [-0.25, -0.2) is 0 Å². The molecule has 2 fully saturated rings. The average molecular weight is 442 g/mol. The Morgan fingerprint density at radius 2 is 2.09 bits per heavy atom. The summed E-state index contributed by atoms with van der Waals surface area (Å²) in [5, 5.41) is 13.1. The topological polar surface area (TPSA) is 51.1 Å². The number of nitrogens with one attached hydrogen (secondary N) is 1. The summed E-state index contributed by atoms with van der Waals surface area (Å²) in [5.41, 5.74) is 0.209. The van der Waals surface area contributed by atoms with Gasteiger partial charge in [0.25, 0.3) is 0 Å². The quantitative estimate of drug-likeness (QED) is 0.393. The third kappa shape index (κ3) is 5.14. The van der Waals surface area contributed by atoms with Crippen molar-refractivity contribution in [2.45, 2.75) is 37.8 Å². The molecule has 2 saturated heterocycles. The summed E-state index contributed by atoms with van der Waals surface area (Å²) in [7, 11) is 4.34. The summed E-state index contributed by atoms with van der Waals surface area (Å²) < 4.78 is 0. The number of aliphatic hydroxyl groups is 1. The Morgan fingerprint density at radius 1 is 1.41 bits per heavy atom. The fourth-order valence-corrected chi connectivity index (χ4v) is 4.48. The lowest BCUT2D eigenvalue weighted by Gasteiger charge is -2.36. The van der Waals surface area contributed by atoms with Gasteiger partial charge in [0.1, 0.15) is 0 Å². The molecular formula is C15H31IN4OS. The Hall–Kier alpha value is 0.270. The molecule has 0 aromatic carbocycles. The zero-order chi connectivity index (χ0) is 15.3. The molecular weight excluding hydrogens is 411 g/mol. The molecule has 2 aliphatic rings. The third-order valence-corrected chi connectivity index (χ3v) is 5.89. The van der Waals surface area contributed by atoms with Crippen LogP contribution in [0.15, 0.2) is 4.99 Å². The number of hydrogen-bond donors (Lipinski definition) is 2. The SMILES string of the molecule is CCNC(=NCC1(N(C)C)CCSC1)N1CCC(O)CC1.I. The normalized spacial score (nSPS) is 27.1. The molecule has 0 amide bonds. The van der Waals surface area contributed by atoms with Crippen molar-refractivity contribution in [1.82, 2.24) is 15.1 Å². The van der Waals surface area contributed by atoms with E-state index in [4.69, 9.17) is 4.99 Å². The van der Waals surface area contributed by atoms with Crippen molar-refractivity contribution in [3.05, 3.63) is 0 Å². The molecule has 5 nitrogen and oxygen atoms in total. The Bertz CT molecular complexity index is 353. The van der Waals surface area contributed by atoms with Crippen LogP contribution in [0.4, 0.5) is 0 Å². The second kappa shape index (κ2) is 9.54. The number of likely N-dealkylation sites (tertiary alicyclic amines) is 1. The Balaban J connectivity index is 0.00000242. The standard InChI is InChI=1S/C15H30N4OS.HI/c1-4-16-14(19-8-5-13(20)6-9-19)17-11-15(18(2)3)7-10-21-12-15;/h13,20H,4-12H2,1-3H3,(H,16,17);1H. The lowest BCUT2D eigenvalue weighted by molar-refractivity contribution is 0.107. The van der Waals surface area contributed by atoms with E-state index in [9.17, 15) is 5.11 Å². The van der Waals surface area contributed by atoms with Crippen LogP contribution in [0.25, 0.3) is 0 Å². The highest BCUT2D eigenvalue weighted by Gasteiger charge is 2.36. The van der Waals surface area contributed by atoms with Crippen molar-refractivity contribution in [2.75, 3.05) is 51.8 Å². The second-order valence-electron chi connectivity index (χ2n) is 6.31. The van der Waals surface area contributed by atoms with Crippen molar-refractivity contribution in [2.24, 2.45) is 4.99 Å². The highest BCUT2D eigenvalue weighted by Crippen LogP contribution is 2.32. The molecule has 22 heavy (non-hydrogen) atoms. The molecule has 2 aliphatic heterocycles. The monoisotopic (exact) mass is 442 g/mol. The fraction of sp³-hybridized carbons (Fsp3) is 0.933. The number of aliphatic imine (C=N–C) groups is 1. The molecule has 2 heterocycles. The number of piperidine rings is 1. The first-order chi connectivity index (χ1) is 10.1. The van der Waals surface area contributed by atoms with Crippen molar-refractivity contribution in [1.29, 1.82) is 0 Å². The number of aliphatic hydroxyl groups excluding tert-OH is 1. The highest BCUT2D eigenvalue weighted by atomic mass is 127. The zero-order valence-electron chi connectivity index (χ0n) is 14.0. The van der Waals surface area contributed by atoms with Crippen LogP contribution in [0.3, 0.4) is 0 Å². The number of guanidine groups is 1. The van der Waals surface area contributed by atoms with Gasteiger partial charge in [-0.2, -0.15) is 11.8 Å². The van der Waals surface area contributed by atoms with Gasteiger partial charge >= 0.3 is 0 Å². The van der Waals surface area contributed by atoms with Gasteiger partial charge in [-0.3, -0.25) is 4.99 Å². The Kier molecular flexibility index (Phi) is 8.81. The van der Waals surface area contributed by atoms with E-state index in [1.807, 2.05) is 11.8 Å². The molecule has 0 aromatic rings. The summed E-state index contributed by atoms with van der Waals surface area (Å²) in [4.78, 5) is 9.57. The molecule has 2 N–H and O–H groups in total. The second-order valence-corrected chi connectivity index (χ2v) is 7.41. The van der Waals surface area contributed by atoms with E-state index in [1.54, 1.807) is 0 Å². The van der Waals surface area contributed by atoms with Crippen molar-refractivity contribution >= 4 is 41.7 Å². The summed E-state index contributed by atoms with van der Waals surface area (Å²) in [6.45, 7) is 5.66. The minimum absolute atomic E-state index is 0. The van der Waals surface area contributed by atoms with Crippen LogP contribution < -0.4 is 5.32 Å². The summed E-state index contributed by atoms with van der Waals surface area (Å²) >= 11 is 2.03. The van der Waals surface area contributed by atoms with E-state index < -0.39 is 0 Å². The van der Waals surface area contributed by atoms with E-state index in [2.05, 4.69) is 36.1 Å². The van der Waals surface area contributed by atoms with Crippen LogP contribution in [-0.2, 0) is 0 Å². The van der Waals surface area contributed by atoms with Crippen LogP contribution in [0.2, 0.25) is 0 Å². The molecule has 0 bridgehead atoms. The van der Waals surface area contributed by atoms with Crippen LogP contribution >= 0.6 is 35.7 Å². The van der Waals surface area contributed by atoms with Crippen LogP contribution in [0.1, 0.15) is 26.2 Å². The molecule has 130 valence electrons. The molecule has 0 aliphatic carbocycles. The maximum absolute atomic E-state index is 9.66. The first-order valence-electron chi connectivity index (χ1n) is 8.04. The molecule has 2 rings (SSSR count). The lowest BCUT2D eigenvalue weighted by atomic mass is 9.98. The molecule has 1 unspecified atom stereocenters. The number of likely N-dealkylation sites (N-methyl/N-ethyl adjacent to an activating group) is 1. The van der Waals surface area contributed by atoms with Gasteiger partial charge in [-0.05, 0) is 46.0 Å². The summed E-state index contributed by atoms with van der Waals surface area (Å²) in [6, 6.07) is 0. The van der Waals surface area contributed by atoms with Gasteiger partial charge in [0.2, 0.25) is 0 Å². The van der Waals surface area contributed by atoms with Gasteiger partial charge in [-0.1, -0.05) is 0 Å². The minimum Gasteiger partial charge on any atom is -0.393 e. The third-order valence-electron chi connectivity index (χ3n) is 4.65. The van der Waals surface area contributed by atoms with Gasteiger partial charge in [0, 0.05) is 30.9 Å². The smallest absolute Gasteiger partial charge is 0.193 e. The predicted molar refractivity (Wildman–Crippen MR) is 107 cm³/mol. The highest BCUT2D eigenvalue weighted by molar-refractivity contribution is 14.0. The van der Waals surface area contributed by atoms with E-state index >= 15 is 0 Å². The minimum atomic E-state index is -0.136. The van der Waals surface area contributed by atoms with E-state index in [-0.39, 0.29) is 35.6 Å². The molecule has 0 spiro atoms. The predicted octanol–water partition coefficient (Wildman–Crippen LogP) is 1.46. The first-order valence-corrected chi connectivity index (χ1v) is 9.19. The largest absolute Gasteiger partial charge is 0.393 e.